The standard InChI is InChI=1S/C25H26FN3O3/c1-3-27-24(31)21-15-29(12-11-18-7-5-4-6-8-18)16-22(23(21)30)25(32)28-14-19-13-20(26)10-9-17(19)2/h4-10,13,15-16H,3,11-12,14H2,1-2H3,(H,27,31)(H,28,32). The molecule has 3 aromatic rings. The smallest absolute Gasteiger partial charge is 0.257 e. The highest BCUT2D eigenvalue weighted by atomic mass is 19.1. The third kappa shape index (κ3) is 5.69. The zero-order chi connectivity index (χ0) is 23.1. The number of hydrogen-bond donors (Lipinski definition) is 2. The number of rotatable bonds is 8. The van der Waals surface area contributed by atoms with Crippen molar-refractivity contribution in [1.82, 2.24) is 15.2 Å². The molecule has 2 N–H and O–H groups in total. The van der Waals surface area contributed by atoms with Gasteiger partial charge in [0.25, 0.3) is 11.8 Å². The first-order valence-corrected chi connectivity index (χ1v) is 10.5. The Balaban J connectivity index is 1.87. The van der Waals surface area contributed by atoms with Crippen LogP contribution in [0.2, 0.25) is 0 Å². The minimum absolute atomic E-state index is 0.0667. The number of halogens is 1. The largest absolute Gasteiger partial charge is 0.352 e. The Morgan fingerprint density at radius 2 is 1.62 bits per heavy atom. The van der Waals surface area contributed by atoms with Crippen molar-refractivity contribution >= 4 is 11.8 Å². The van der Waals surface area contributed by atoms with Crippen molar-refractivity contribution in [2.45, 2.75) is 33.4 Å². The number of benzene rings is 2. The van der Waals surface area contributed by atoms with Crippen LogP contribution in [0.25, 0.3) is 0 Å². The zero-order valence-electron chi connectivity index (χ0n) is 18.2. The molecule has 7 heteroatoms. The van der Waals surface area contributed by atoms with Crippen LogP contribution in [0.3, 0.4) is 0 Å². The fourth-order valence-corrected chi connectivity index (χ4v) is 3.34. The van der Waals surface area contributed by atoms with E-state index >= 15 is 0 Å². The van der Waals surface area contributed by atoms with Crippen molar-refractivity contribution in [1.29, 1.82) is 0 Å². The van der Waals surface area contributed by atoms with Gasteiger partial charge in [0.2, 0.25) is 5.43 Å². The van der Waals surface area contributed by atoms with Crippen LogP contribution < -0.4 is 16.1 Å². The van der Waals surface area contributed by atoms with Crippen LogP contribution >= 0.6 is 0 Å². The summed E-state index contributed by atoms with van der Waals surface area (Å²) < 4.78 is 15.2. The summed E-state index contributed by atoms with van der Waals surface area (Å²) in [5.74, 6) is -1.54. The van der Waals surface area contributed by atoms with E-state index in [0.29, 0.717) is 25.1 Å². The van der Waals surface area contributed by atoms with Gasteiger partial charge in [-0.25, -0.2) is 4.39 Å². The molecule has 2 amide bonds. The van der Waals surface area contributed by atoms with Crippen LogP contribution in [0, 0.1) is 12.7 Å². The van der Waals surface area contributed by atoms with Gasteiger partial charge in [0.15, 0.2) is 0 Å². The summed E-state index contributed by atoms with van der Waals surface area (Å²) in [6.45, 7) is 4.48. The number of nitrogens with one attached hydrogen (secondary N) is 2. The summed E-state index contributed by atoms with van der Waals surface area (Å²) >= 11 is 0. The van der Waals surface area contributed by atoms with Crippen LogP contribution in [-0.2, 0) is 19.5 Å². The second-order valence-electron chi connectivity index (χ2n) is 7.50. The number of carbonyl (C=O) groups is 2. The predicted octanol–water partition coefficient (Wildman–Crippen LogP) is 3.22. The Hall–Kier alpha value is -3.74. The fourth-order valence-electron chi connectivity index (χ4n) is 3.34. The number of aryl methyl sites for hydroxylation is 3. The number of pyridine rings is 1. The summed E-state index contributed by atoms with van der Waals surface area (Å²) in [6, 6.07) is 14.1. The quantitative estimate of drug-likeness (QED) is 0.570. The van der Waals surface area contributed by atoms with Gasteiger partial charge in [0.1, 0.15) is 16.9 Å². The molecule has 0 radical (unpaired) electrons. The molecule has 0 aliphatic heterocycles. The molecule has 1 heterocycles. The van der Waals surface area contributed by atoms with E-state index in [2.05, 4.69) is 10.6 Å². The molecule has 0 aliphatic rings. The number of hydrogen-bond acceptors (Lipinski definition) is 3. The molecule has 0 spiro atoms. The van der Waals surface area contributed by atoms with Gasteiger partial charge in [-0.05, 0) is 49.1 Å². The molecule has 0 bridgehead atoms. The molecule has 3 rings (SSSR count). The topological polar surface area (TPSA) is 80.2 Å². The molecule has 0 aliphatic carbocycles. The Bertz CT molecular complexity index is 1170. The molecule has 0 saturated heterocycles. The number of carbonyl (C=O) groups excluding carboxylic acids is 2. The van der Waals surface area contributed by atoms with Gasteiger partial charge in [0.05, 0.1) is 0 Å². The van der Waals surface area contributed by atoms with E-state index in [1.165, 1.54) is 24.5 Å². The monoisotopic (exact) mass is 435 g/mol. The maximum Gasteiger partial charge on any atom is 0.257 e. The average molecular weight is 435 g/mol. The Kier molecular flexibility index (Phi) is 7.54. The Labute approximate surface area is 186 Å². The van der Waals surface area contributed by atoms with Crippen LogP contribution in [0.4, 0.5) is 4.39 Å². The van der Waals surface area contributed by atoms with Gasteiger partial charge in [-0.1, -0.05) is 36.4 Å². The summed E-state index contributed by atoms with van der Waals surface area (Å²) in [5.41, 5.74) is 1.68. The fraction of sp³-hybridized carbons (Fsp3) is 0.240. The molecule has 1 aromatic heterocycles. The molecule has 0 atom stereocenters. The molecule has 166 valence electrons. The average Bonchev–Trinajstić information content (AvgIpc) is 2.79. The highest BCUT2D eigenvalue weighted by molar-refractivity contribution is 5.99. The lowest BCUT2D eigenvalue weighted by atomic mass is 10.1. The van der Waals surface area contributed by atoms with Crippen LogP contribution in [0.1, 0.15) is 44.3 Å². The van der Waals surface area contributed by atoms with Crippen molar-refractivity contribution in [3.8, 4) is 0 Å². The first kappa shape index (κ1) is 22.9. The first-order chi connectivity index (χ1) is 15.4. The molecule has 2 aromatic carbocycles. The summed E-state index contributed by atoms with van der Waals surface area (Å²) in [7, 11) is 0. The number of amides is 2. The van der Waals surface area contributed by atoms with Gasteiger partial charge >= 0.3 is 0 Å². The highest BCUT2D eigenvalue weighted by Crippen LogP contribution is 2.10. The van der Waals surface area contributed by atoms with E-state index in [9.17, 15) is 18.8 Å². The van der Waals surface area contributed by atoms with E-state index in [4.69, 9.17) is 0 Å². The van der Waals surface area contributed by atoms with Gasteiger partial charge in [-0.3, -0.25) is 14.4 Å². The van der Waals surface area contributed by atoms with Crippen LogP contribution in [-0.4, -0.2) is 22.9 Å². The predicted molar refractivity (Wildman–Crippen MR) is 121 cm³/mol. The van der Waals surface area contributed by atoms with E-state index in [1.54, 1.807) is 17.6 Å². The third-order valence-electron chi connectivity index (χ3n) is 5.16. The third-order valence-corrected chi connectivity index (χ3v) is 5.16. The molecular weight excluding hydrogens is 409 g/mol. The normalized spacial score (nSPS) is 10.6. The number of nitrogens with zero attached hydrogens (tertiary/aromatic N) is 1. The van der Waals surface area contributed by atoms with Crippen molar-refractivity contribution in [3.05, 3.63) is 105 Å². The van der Waals surface area contributed by atoms with E-state index in [-0.39, 0.29) is 17.7 Å². The van der Waals surface area contributed by atoms with E-state index in [0.717, 1.165) is 11.1 Å². The Morgan fingerprint density at radius 3 is 2.28 bits per heavy atom. The van der Waals surface area contributed by atoms with Gasteiger partial charge in [0, 0.05) is 32.0 Å². The minimum atomic E-state index is -0.639. The van der Waals surface area contributed by atoms with E-state index in [1.807, 2.05) is 37.3 Å². The van der Waals surface area contributed by atoms with Crippen molar-refractivity contribution in [2.24, 2.45) is 0 Å². The van der Waals surface area contributed by atoms with Crippen LogP contribution in [0.5, 0.6) is 0 Å². The zero-order valence-corrected chi connectivity index (χ0v) is 18.2. The van der Waals surface area contributed by atoms with Gasteiger partial charge in [-0.2, -0.15) is 0 Å². The highest BCUT2D eigenvalue weighted by Gasteiger charge is 2.19. The van der Waals surface area contributed by atoms with Gasteiger partial charge in [-0.15, -0.1) is 0 Å². The molecular formula is C25H26FN3O3. The lowest BCUT2D eigenvalue weighted by molar-refractivity contribution is 0.0948. The van der Waals surface area contributed by atoms with Crippen molar-refractivity contribution in [2.75, 3.05) is 6.54 Å². The van der Waals surface area contributed by atoms with E-state index < -0.39 is 23.1 Å². The summed E-state index contributed by atoms with van der Waals surface area (Å²) in [6.07, 6.45) is 3.60. The molecule has 0 saturated carbocycles. The molecule has 0 unspecified atom stereocenters. The minimum Gasteiger partial charge on any atom is -0.352 e. The summed E-state index contributed by atoms with van der Waals surface area (Å²) in [4.78, 5) is 38.2. The van der Waals surface area contributed by atoms with Crippen molar-refractivity contribution in [3.63, 3.8) is 0 Å². The molecule has 0 fully saturated rings. The first-order valence-electron chi connectivity index (χ1n) is 10.5. The molecule has 6 nitrogen and oxygen atoms in total. The Morgan fingerprint density at radius 1 is 0.969 bits per heavy atom. The summed E-state index contributed by atoms with van der Waals surface area (Å²) in [5, 5.41) is 5.29. The van der Waals surface area contributed by atoms with Crippen molar-refractivity contribution < 1.29 is 14.0 Å². The lowest BCUT2D eigenvalue weighted by Crippen LogP contribution is -2.35. The molecule has 32 heavy (non-hydrogen) atoms. The lowest BCUT2D eigenvalue weighted by Gasteiger charge is -2.13. The second kappa shape index (κ2) is 10.5. The van der Waals surface area contributed by atoms with Crippen LogP contribution in [0.15, 0.2) is 65.7 Å². The van der Waals surface area contributed by atoms with Gasteiger partial charge < -0.3 is 15.2 Å². The SMILES string of the molecule is CCNC(=O)c1cn(CCc2ccccc2)cc(C(=O)NCc2cc(F)ccc2C)c1=O. The second-order valence-corrected chi connectivity index (χ2v) is 7.50. The number of aromatic nitrogens is 1. The maximum absolute atomic E-state index is 13.5. The maximum atomic E-state index is 13.5.